The lowest BCUT2D eigenvalue weighted by Crippen LogP contribution is -2.31. The van der Waals surface area contributed by atoms with Gasteiger partial charge in [0, 0.05) is 13.2 Å². The summed E-state index contributed by atoms with van der Waals surface area (Å²) in [4.78, 5) is 2.33. The summed E-state index contributed by atoms with van der Waals surface area (Å²) in [5.74, 6) is 0. The largest absolute Gasteiger partial charge is 0.363 e. The highest BCUT2D eigenvalue weighted by atomic mass is 16.5. The fourth-order valence-electron chi connectivity index (χ4n) is 1.46. The molecule has 66 valence electrons. The predicted molar refractivity (Wildman–Crippen MR) is 46.5 cm³/mol. The molecule has 1 aliphatic heterocycles. The Hall–Kier alpha value is -0.0800. The third kappa shape index (κ3) is 2.80. The van der Waals surface area contributed by atoms with Gasteiger partial charge in [-0.1, -0.05) is 13.3 Å². The van der Waals surface area contributed by atoms with Crippen molar-refractivity contribution in [3.05, 3.63) is 0 Å². The number of hydrogen-bond donors (Lipinski definition) is 0. The normalized spacial score (nSPS) is 24.8. The van der Waals surface area contributed by atoms with E-state index in [4.69, 9.17) is 4.74 Å². The Morgan fingerprint density at radius 3 is 2.91 bits per heavy atom. The predicted octanol–water partition coefficient (Wildman–Crippen LogP) is 1.85. The van der Waals surface area contributed by atoms with Crippen molar-refractivity contribution in [1.82, 2.24) is 4.90 Å². The standard InChI is InChI=1S/C9H19NO/c1-3-4-7-10(2)9-6-5-8-11-9/h9H,3-8H2,1-2H3. The van der Waals surface area contributed by atoms with Crippen LogP contribution in [0.3, 0.4) is 0 Å². The lowest BCUT2D eigenvalue weighted by molar-refractivity contribution is -0.00516. The van der Waals surface area contributed by atoms with Gasteiger partial charge in [-0.15, -0.1) is 0 Å². The Labute approximate surface area is 69.5 Å². The van der Waals surface area contributed by atoms with Crippen LogP contribution in [0.2, 0.25) is 0 Å². The summed E-state index contributed by atoms with van der Waals surface area (Å²) in [6, 6.07) is 0. The third-order valence-corrected chi connectivity index (χ3v) is 2.26. The van der Waals surface area contributed by atoms with E-state index in [2.05, 4.69) is 18.9 Å². The van der Waals surface area contributed by atoms with Gasteiger partial charge in [-0.05, 0) is 26.3 Å². The fourth-order valence-corrected chi connectivity index (χ4v) is 1.46. The van der Waals surface area contributed by atoms with Crippen molar-refractivity contribution < 1.29 is 4.74 Å². The Balaban J connectivity index is 2.12. The van der Waals surface area contributed by atoms with E-state index in [1.807, 2.05) is 0 Å². The van der Waals surface area contributed by atoms with Gasteiger partial charge >= 0.3 is 0 Å². The molecule has 11 heavy (non-hydrogen) atoms. The van der Waals surface area contributed by atoms with Crippen LogP contribution in [0.4, 0.5) is 0 Å². The van der Waals surface area contributed by atoms with Crippen LogP contribution in [-0.2, 0) is 4.74 Å². The number of unbranched alkanes of at least 4 members (excludes halogenated alkanes) is 1. The molecule has 2 heteroatoms. The molecule has 1 heterocycles. The van der Waals surface area contributed by atoms with E-state index < -0.39 is 0 Å². The molecule has 0 aromatic carbocycles. The van der Waals surface area contributed by atoms with E-state index >= 15 is 0 Å². The Morgan fingerprint density at radius 1 is 1.55 bits per heavy atom. The average molecular weight is 157 g/mol. The van der Waals surface area contributed by atoms with Crippen molar-refractivity contribution >= 4 is 0 Å². The Bertz CT molecular complexity index is 99.7. The summed E-state index contributed by atoms with van der Waals surface area (Å²) in [6.45, 7) is 4.37. The minimum absolute atomic E-state index is 0.418. The summed E-state index contributed by atoms with van der Waals surface area (Å²) in [6.07, 6.45) is 5.44. The lowest BCUT2D eigenvalue weighted by Gasteiger charge is -2.22. The SMILES string of the molecule is CCCCN(C)C1CCCO1. The molecule has 0 saturated carbocycles. The van der Waals surface area contributed by atoms with Gasteiger partial charge in [0.05, 0.1) is 0 Å². The van der Waals surface area contributed by atoms with Gasteiger partial charge < -0.3 is 4.74 Å². The van der Waals surface area contributed by atoms with Crippen molar-refractivity contribution in [3.8, 4) is 0 Å². The molecule has 1 saturated heterocycles. The van der Waals surface area contributed by atoms with Crippen molar-refractivity contribution in [1.29, 1.82) is 0 Å². The van der Waals surface area contributed by atoms with Crippen LogP contribution in [0.25, 0.3) is 0 Å². The third-order valence-electron chi connectivity index (χ3n) is 2.26. The van der Waals surface area contributed by atoms with E-state index in [1.54, 1.807) is 0 Å². The molecule has 2 nitrogen and oxygen atoms in total. The van der Waals surface area contributed by atoms with Gasteiger partial charge in [0.2, 0.25) is 0 Å². The van der Waals surface area contributed by atoms with Crippen LogP contribution in [0, 0.1) is 0 Å². The highest BCUT2D eigenvalue weighted by Crippen LogP contribution is 2.15. The van der Waals surface area contributed by atoms with Gasteiger partial charge in [-0.25, -0.2) is 0 Å². The van der Waals surface area contributed by atoms with Crippen LogP contribution in [0.5, 0.6) is 0 Å². The van der Waals surface area contributed by atoms with Crippen molar-refractivity contribution in [2.75, 3.05) is 20.2 Å². The summed E-state index contributed by atoms with van der Waals surface area (Å²) >= 11 is 0. The molecule has 0 bridgehead atoms. The molecule has 0 spiro atoms. The maximum atomic E-state index is 5.54. The molecule has 1 fully saturated rings. The van der Waals surface area contributed by atoms with Crippen molar-refractivity contribution in [3.63, 3.8) is 0 Å². The van der Waals surface area contributed by atoms with Crippen LogP contribution in [-0.4, -0.2) is 31.3 Å². The van der Waals surface area contributed by atoms with Crippen LogP contribution < -0.4 is 0 Å². The smallest absolute Gasteiger partial charge is 0.110 e. The summed E-state index contributed by atoms with van der Waals surface area (Å²) in [7, 11) is 2.16. The van der Waals surface area contributed by atoms with E-state index in [0.717, 1.165) is 6.61 Å². The van der Waals surface area contributed by atoms with Crippen molar-refractivity contribution in [2.24, 2.45) is 0 Å². The molecule has 1 rings (SSSR count). The van der Waals surface area contributed by atoms with Crippen LogP contribution in [0.1, 0.15) is 32.6 Å². The minimum atomic E-state index is 0.418. The average Bonchev–Trinajstić information content (AvgIpc) is 2.52. The molecule has 1 unspecified atom stereocenters. The Morgan fingerprint density at radius 2 is 2.36 bits per heavy atom. The van der Waals surface area contributed by atoms with Gasteiger partial charge in [-0.3, -0.25) is 4.90 Å². The molecule has 0 radical (unpaired) electrons. The second-order valence-electron chi connectivity index (χ2n) is 3.30. The number of ether oxygens (including phenoxy) is 1. The van der Waals surface area contributed by atoms with E-state index in [0.29, 0.717) is 6.23 Å². The van der Waals surface area contributed by atoms with Crippen LogP contribution >= 0.6 is 0 Å². The molecule has 0 aromatic heterocycles. The second kappa shape index (κ2) is 4.73. The molecule has 0 aromatic rings. The maximum Gasteiger partial charge on any atom is 0.110 e. The summed E-state index contributed by atoms with van der Waals surface area (Å²) in [5.41, 5.74) is 0. The molecule has 0 aliphatic carbocycles. The number of rotatable bonds is 4. The minimum Gasteiger partial charge on any atom is -0.363 e. The first-order chi connectivity index (χ1) is 5.34. The molecule has 0 N–H and O–H groups in total. The summed E-state index contributed by atoms with van der Waals surface area (Å²) in [5, 5.41) is 0. The van der Waals surface area contributed by atoms with E-state index in [1.165, 1.54) is 32.2 Å². The van der Waals surface area contributed by atoms with Gasteiger partial charge in [0.1, 0.15) is 6.23 Å². The van der Waals surface area contributed by atoms with Crippen molar-refractivity contribution in [2.45, 2.75) is 38.8 Å². The first-order valence-electron chi connectivity index (χ1n) is 4.66. The fraction of sp³-hybridized carbons (Fsp3) is 1.00. The Kier molecular flexibility index (Phi) is 3.87. The quantitative estimate of drug-likeness (QED) is 0.617. The van der Waals surface area contributed by atoms with E-state index in [9.17, 15) is 0 Å². The molecular weight excluding hydrogens is 138 g/mol. The van der Waals surface area contributed by atoms with Gasteiger partial charge in [0.25, 0.3) is 0 Å². The highest BCUT2D eigenvalue weighted by molar-refractivity contribution is 4.64. The molecule has 1 atom stereocenters. The lowest BCUT2D eigenvalue weighted by atomic mass is 10.3. The number of nitrogens with zero attached hydrogens (tertiary/aromatic N) is 1. The van der Waals surface area contributed by atoms with Gasteiger partial charge in [0.15, 0.2) is 0 Å². The summed E-state index contributed by atoms with van der Waals surface area (Å²) < 4.78 is 5.54. The highest BCUT2D eigenvalue weighted by Gasteiger charge is 2.18. The zero-order valence-electron chi connectivity index (χ0n) is 7.68. The van der Waals surface area contributed by atoms with Gasteiger partial charge in [-0.2, -0.15) is 0 Å². The monoisotopic (exact) mass is 157 g/mol. The molecule has 0 amide bonds. The van der Waals surface area contributed by atoms with E-state index in [-0.39, 0.29) is 0 Å². The maximum absolute atomic E-state index is 5.54. The number of hydrogen-bond acceptors (Lipinski definition) is 2. The molecular formula is C9H19NO. The first-order valence-corrected chi connectivity index (χ1v) is 4.66. The topological polar surface area (TPSA) is 12.5 Å². The second-order valence-corrected chi connectivity index (χ2v) is 3.30. The first kappa shape index (κ1) is 9.01. The zero-order valence-corrected chi connectivity index (χ0v) is 7.68. The molecule has 1 aliphatic rings. The zero-order chi connectivity index (χ0) is 8.10. The van der Waals surface area contributed by atoms with Crippen LogP contribution in [0.15, 0.2) is 0 Å².